The summed E-state index contributed by atoms with van der Waals surface area (Å²) in [7, 11) is 0. The summed E-state index contributed by atoms with van der Waals surface area (Å²) in [5, 5.41) is 6.36. The Morgan fingerprint density at radius 3 is 2.65 bits per heavy atom. The molecule has 0 saturated heterocycles. The molecular weight excluding hydrogens is 244 g/mol. The Kier molecular flexibility index (Phi) is 2.78. The van der Waals surface area contributed by atoms with Crippen molar-refractivity contribution < 1.29 is 0 Å². The normalized spacial score (nSPS) is 15.2. The first-order valence-electron chi connectivity index (χ1n) is 7.60. The van der Waals surface area contributed by atoms with Crippen molar-refractivity contribution in [2.75, 3.05) is 0 Å². The molecule has 1 fully saturated rings. The molecule has 0 spiro atoms. The maximum absolute atomic E-state index is 3.60. The Hall–Kier alpha value is -1.80. The van der Waals surface area contributed by atoms with Gasteiger partial charge in [-0.1, -0.05) is 24.3 Å². The fourth-order valence-electron chi connectivity index (χ4n) is 3.10. The van der Waals surface area contributed by atoms with Crippen LogP contribution in [0.1, 0.15) is 25.3 Å². The van der Waals surface area contributed by atoms with Gasteiger partial charge in [0.25, 0.3) is 0 Å². The first kappa shape index (κ1) is 12.0. The Morgan fingerprint density at radius 1 is 1.05 bits per heavy atom. The van der Waals surface area contributed by atoms with Crippen LogP contribution in [0, 0.1) is 0 Å². The summed E-state index contributed by atoms with van der Waals surface area (Å²) < 4.78 is 2.41. The van der Waals surface area contributed by atoms with Crippen molar-refractivity contribution in [3.63, 3.8) is 0 Å². The quantitative estimate of drug-likeness (QED) is 0.751. The lowest BCUT2D eigenvalue weighted by Gasteiger charge is -2.05. The molecule has 1 saturated carbocycles. The van der Waals surface area contributed by atoms with Crippen molar-refractivity contribution in [3.05, 3.63) is 48.0 Å². The van der Waals surface area contributed by atoms with Gasteiger partial charge >= 0.3 is 0 Å². The molecule has 1 aliphatic carbocycles. The monoisotopic (exact) mass is 264 g/mol. The van der Waals surface area contributed by atoms with E-state index in [1.54, 1.807) is 0 Å². The van der Waals surface area contributed by atoms with Gasteiger partial charge in [-0.05, 0) is 43.5 Å². The van der Waals surface area contributed by atoms with Gasteiger partial charge in [0.05, 0.1) is 0 Å². The van der Waals surface area contributed by atoms with Crippen molar-refractivity contribution >= 4 is 21.8 Å². The smallest absolute Gasteiger partial charge is 0.0491 e. The van der Waals surface area contributed by atoms with E-state index in [0.717, 1.165) is 19.1 Å². The highest BCUT2D eigenvalue weighted by Gasteiger charge is 2.20. The number of nitrogens with zero attached hydrogens (tertiary/aromatic N) is 1. The molecule has 0 bridgehead atoms. The minimum absolute atomic E-state index is 0.766. The molecule has 1 heterocycles. The van der Waals surface area contributed by atoms with Crippen LogP contribution in [-0.2, 0) is 13.1 Å². The number of nitrogens with one attached hydrogen (secondary N) is 1. The lowest BCUT2D eigenvalue weighted by atomic mass is 10.1. The standard InChI is InChI=1S/C18H20N2/c1-2-20-17-6-4-3-5-15(17)16-11-13(7-10-18(16)20)12-19-14-8-9-14/h3-7,10-11,14,19H,2,8-9,12H2,1H3. The minimum atomic E-state index is 0.766. The van der Waals surface area contributed by atoms with Crippen LogP contribution >= 0.6 is 0 Å². The van der Waals surface area contributed by atoms with E-state index in [4.69, 9.17) is 0 Å². The molecule has 4 rings (SSSR count). The zero-order chi connectivity index (χ0) is 13.5. The topological polar surface area (TPSA) is 17.0 Å². The highest BCUT2D eigenvalue weighted by atomic mass is 15.0. The van der Waals surface area contributed by atoms with E-state index in [-0.39, 0.29) is 0 Å². The summed E-state index contributed by atoms with van der Waals surface area (Å²) in [4.78, 5) is 0. The van der Waals surface area contributed by atoms with Gasteiger partial charge in [-0.15, -0.1) is 0 Å². The SMILES string of the molecule is CCn1c2ccccc2c2cc(CNC3CC3)ccc21. The van der Waals surface area contributed by atoms with Gasteiger partial charge in [-0.3, -0.25) is 0 Å². The second-order valence-electron chi connectivity index (χ2n) is 5.77. The molecule has 1 aliphatic rings. The molecule has 1 N–H and O–H groups in total. The van der Waals surface area contributed by atoms with Crippen LogP contribution in [-0.4, -0.2) is 10.6 Å². The van der Waals surface area contributed by atoms with Crippen LogP contribution in [0.2, 0.25) is 0 Å². The van der Waals surface area contributed by atoms with Crippen molar-refractivity contribution in [2.45, 2.75) is 38.9 Å². The largest absolute Gasteiger partial charge is 0.341 e. The summed E-state index contributed by atoms with van der Waals surface area (Å²) in [5.41, 5.74) is 4.09. The van der Waals surface area contributed by atoms with Crippen molar-refractivity contribution in [3.8, 4) is 0 Å². The van der Waals surface area contributed by atoms with E-state index in [0.29, 0.717) is 0 Å². The molecule has 102 valence electrons. The summed E-state index contributed by atoms with van der Waals surface area (Å²) >= 11 is 0. The summed E-state index contributed by atoms with van der Waals surface area (Å²) in [5.74, 6) is 0. The molecule has 2 aromatic carbocycles. The average molecular weight is 264 g/mol. The fourth-order valence-corrected chi connectivity index (χ4v) is 3.10. The molecule has 1 aromatic heterocycles. The van der Waals surface area contributed by atoms with Crippen LogP contribution in [0.3, 0.4) is 0 Å². The van der Waals surface area contributed by atoms with Crippen LogP contribution in [0.15, 0.2) is 42.5 Å². The van der Waals surface area contributed by atoms with Crippen molar-refractivity contribution in [2.24, 2.45) is 0 Å². The Morgan fingerprint density at radius 2 is 1.85 bits per heavy atom. The zero-order valence-electron chi connectivity index (χ0n) is 11.9. The van der Waals surface area contributed by atoms with Gasteiger partial charge in [0.2, 0.25) is 0 Å². The lowest BCUT2D eigenvalue weighted by molar-refractivity contribution is 0.688. The Bertz CT molecular complexity index is 766. The number of hydrogen-bond donors (Lipinski definition) is 1. The molecule has 0 atom stereocenters. The molecule has 0 unspecified atom stereocenters. The molecule has 2 nitrogen and oxygen atoms in total. The minimum Gasteiger partial charge on any atom is -0.341 e. The van der Waals surface area contributed by atoms with E-state index in [9.17, 15) is 0 Å². The van der Waals surface area contributed by atoms with Gasteiger partial charge in [-0.25, -0.2) is 0 Å². The molecule has 0 radical (unpaired) electrons. The molecule has 0 aliphatic heterocycles. The average Bonchev–Trinajstić information content (AvgIpc) is 3.27. The number of aromatic nitrogens is 1. The fraction of sp³-hybridized carbons (Fsp3) is 0.333. The number of fused-ring (bicyclic) bond motifs is 3. The highest BCUT2D eigenvalue weighted by Crippen LogP contribution is 2.30. The predicted octanol–water partition coefficient (Wildman–Crippen LogP) is 4.07. The first-order valence-corrected chi connectivity index (χ1v) is 7.60. The number of hydrogen-bond acceptors (Lipinski definition) is 1. The third-order valence-electron chi connectivity index (χ3n) is 4.33. The van der Waals surface area contributed by atoms with Crippen LogP contribution in [0.5, 0.6) is 0 Å². The number of rotatable bonds is 4. The van der Waals surface area contributed by atoms with Gasteiger partial charge in [0, 0.05) is 40.9 Å². The number of para-hydroxylation sites is 1. The van der Waals surface area contributed by atoms with E-state index < -0.39 is 0 Å². The number of benzene rings is 2. The molecule has 3 aromatic rings. The Balaban J connectivity index is 1.85. The van der Waals surface area contributed by atoms with Crippen LogP contribution in [0.4, 0.5) is 0 Å². The summed E-state index contributed by atoms with van der Waals surface area (Å²) in [6.07, 6.45) is 2.69. The molecule has 20 heavy (non-hydrogen) atoms. The van der Waals surface area contributed by atoms with Crippen LogP contribution < -0.4 is 5.32 Å². The van der Waals surface area contributed by atoms with Gasteiger partial charge < -0.3 is 9.88 Å². The molecule has 2 heteroatoms. The van der Waals surface area contributed by atoms with E-state index in [1.165, 1.54) is 40.2 Å². The lowest BCUT2D eigenvalue weighted by Crippen LogP contribution is -2.15. The summed E-state index contributed by atoms with van der Waals surface area (Å²) in [6.45, 7) is 4.23. The van der Waals surface area contributed by atoms with E-state index >= 15 is 0 Å². The molecule has 0 amide bonds. The van der Waals surface area contributed by atoms with Gasteiger partial charge in [-0.2, -0.15) is 0 Å². The van der Waals surface area contributed by atoms with Gasteiger partial charge in [0.1, 0.15) is 0 Å². The zero-order valence-corrected chi connectivity index (χ0v) is 11.9. The third-order valence-corrected chi connectivity index (χ3v) is 4.33. The van der Waals surface area contributed by atoms with Crippen LogP contribution in [0.25, 0.3) is 21.8 Å². The number of aryl methyl sites for hydroxylation is 1. The maximum Gasteiger partial charge on any atom is 0.0491 e. The Labute approximate surface area is 119 Å². The highest BCUT2D eigenvalue weighted by molar-refractivity contribution is 6.08. The van der Waals surface area contributed by atoms with Gasteiger partial charge in [0.15, 0.2) is 0 Å². The van der Waals surface area contributed by atoms with Crippen molar-refractivity contribution in [1.82, 2.24) is 9.88 Å². The predicted molar refractivity (Wildman–Crippen MR) is 85.0 cm³/mol. The third kappa shape index (κ3) is 1.92. The summed E-state index contributed by atoms with van der Waals surface area (Å²) in [6, 6.07) is 16.4. The second kappa shape index (κ2) is 4.64. The van der Waals surface area contributed by atoms with Crippen molar-refractivity contribution in [1.29, 1.82) is 0 Å². The molecular formula is C18H20N2. The second-order valence-corrected chi connectivity index (χ2v) is 5.77. The first-order chi connectivity index (χ1) is 9.86. The van der Waals surface area contributed by atoms with E-state index in [2.05, 4.69) is 59.3 Å². The maximum atomic E-state index is 3.60. The van der Waals surface area contributed by atoms with E-state index in [1.807, 2.05) is 0 Å².